The van der Waals surface area contributed by atoms with Crippen LogP contribution in [0.3, 0.4) is 0 Å². The summed E-state index contributed by atoms with van der Waals surface area (Å²) < 4.78 is 25.7. The molecule has 0 saturated heterocycles. The minimum absolute atomic E-state index is 0.0567. The van der Waals surface area contributed by atoms with Crippen molar-refractivity contribution in [2.75, 3.05) is 6.26 Å². The Bertz CT molecular complexity index is 994. The molecule has 0 spiro atoms. The van der Waals surface area contributed by atoms with E-state index < -0.39 is 21.7 Å². The molecule has 0 aliphatic heterocycles. The third-order valence-electron chi connectivity index (χ3n) is 3.07. The minimum Gasteiger partial charge on any atom is -0.370 e. The number of guanidine groups is 1. The predicted molar refractivity (Wildman–Crippen MR) is 86.3 cm³/mol. The first kappa shape index (κ1) is 17.2. The number of amides is 1. The van der Waals surface area contributed by atoms with Gasteiger partial charge in [-0.1, -0.05) is 0 Å². The van der Waals surface area contributed by atoms with Crippen LogP contribution in [0.2, 0.25) is 0 Å². The van der Waals surface area contributed by atoms with Crippen molar-refractivity contribution in [1.29, 1.82) is 5.26 Å². The van der Waals surface area contributed by atoms with Gasteiger partial charge < -0.3 is 16.0 Å². The number of rotatable bonds is 3. The molecule has 0 bridgehead atoms. The third-order valence-corrected chi connectivity index (χ3v) is 4.20. The van der Waals surface area contributed by atoms with Crippen LogP contribution in [-0.4, -0.2) is 36.1 Å². The molecule has 4 N–H and O–H groups in total. The lowest BCUT2D eigenvalue weighted by Gasteiger charge is -2.11. The molecule has 0 saturated carbocycles. The van der Waals surface area contributed by atoms with E-state index in [1.54, 1.807) is 13.1 Å². The third kappa shape index (κ3) is 3.41. The average molecular weight is 346 g/mol. The molecular formula is C14H14N6O3S. The Morgan fingerprint density at radius 2 is 2.04 bits per heavy atom. The van der Waals surface area contributed by atoms with Crippen LogP contribution in [0.25, 0.3) is 5.69 Å². The topological polar surface area (TPSA) is 157 Å². The summed E-state index contributed by atoms with van der Waals surface area (Å²) in [5.41, 5.74) is 10.9. The van der Waals surface area contributed by atoms with Crippen molar-refractivity contribution >= 4 is 21.7 Å². The van der Waals surface area contributed by atoms with Gasteiger partial charge in [-0.25, -0.2) is 13.4 Å². The molecule has 2 aromatic rings. The number of nitrogens with zero attached hydrogens (tertiary/aromatic N) is 4. The summed E-state index contributed by atoms with van der Waals surface area (Å²) in [5, 5.41) is 9.28. The van der Waals surface area contributed by atoms with E-state index in [2.05, 4.69) is 9.98 Å². The molecule has 2 rings (SSSR count). The van der Waals surface area contributed by atoms with Crippen molar-refractivity contribution < 1.29 is 13.2 Å². The van der Waals surface area contributed by atoms with Crippen LogP contribution in [0, 0.1) is 18.3 Å². The molecule has 0 aliphatic rings. The summed E-state index contributed by atoms with van der Waals surface area (Å²) in [6.45, 7) is 1.73. The van der Waals surface area contributed by atoms with E-state index in [-0.39, 0.29) is 21.7 Å². The van der Waals surface area contributed by atoms with E-state index in [0.29, 0.717) is 5.69 Å². The lowest BCUT2D eigenvalue weighted by Crippen LogP contribution is -2.24. The molecule has 1 aromatic heterocycles. The average Bonchev–Trinajstić information content (AvgIpc) is 2.90. The zero-order valence-electron chi connectivity index (χ0n) is 12.9. The summed E-state index contributed by atoms with van der Waals surface area (Å²) in [6.07, 6.45) is 4.01. The summed E-state index contributed by atoms with van der Waals surface area (Å²) in [4.78, 5) is 19.3. The molecule has 9 nitrogen and oxygen atoms in total. The molecule has 24 heavy (non-hydrogen) atoms. The highest BCUT2D eigenvalue weighted by Crippen LogP contribution is 2.25. The number of nitrogens with two attached hydrogens (primary N) is 2. The van der Waals surface area contributed by atoms with Gasteiger partial charge in [0.2, 0.25) is 0 Å². The number of carbonyl (C=O) groups is 1. The van der Waals surface area contributed by atoms with Crippen LogP contribution >= 0.6 is 0 Å². The molecule has 124 valence electrons. The molecule has 1 heterocycles. The van der Waals surface area contributed by atoms with Gasteiger partial charge in [0.25, 0.3) is 5.91 Å². The quantitative estimate of drug-likeness (QED) is 0.578. The Labute approximate surface area is 138 Å². The summed E-state index contributed by atoms with van der Waals surface area (Å²) in [5.74, 6) is -1.39. The van der Waals surface area contributed by atoms with E-state index in [9.17, 15) is 18.5 Å². The van der Waals surface area contributed by atoms with Gasteiger partial charge in [-0.2, -0.15) is 10.3 Å². The van der Waals surface area contributed by atoms with Gasteiger partial charge in [0.1, 0.15) is 6.07 Å². The van der Waals surface area contributed by atoms with E-state index >= 15 is 0 Å². The zero-order chi connectivity index (χ0) is 18.1. The fourth-order valence-electron chi connectivity index (χ4n) is 2.07. The number of benzene rings is 1. The number of hydrogen-bond donors (Lipinski definition) is 2. The number of aromatic nitrogens is 2. The van der Waals surface area contributed by atoms with E-state index in [4.69, 9.17) is 11.5 Å². The number of nitriles is 1. The fourth-order valence-corrected chi connectivity index (χ4v) is 2.94. The summed E-state index contributed by atoms with van der Waals surface area (Å²) in [6, 6.07) is 4.22. The first-order chi connectivity index (χ1) is 11.1. The summed E-state index contributed by atoms with van der Waals surface area (Å²) in [7, 11) is -3.70. The van der Waals surface area contributed by atoms with Crippen molar-refractivity contribution in [3.8, 4) is 11.8 Å². The molecular weight excluding hydrogens is 332 g/mol. The highest BCUT2D eigenvalue weighted by molar-refractivity contribution is 7.90. The maximum Gasteiger partial charge on any atom is 0.281 e. The fraction of sp³-hybridized carbons (Fsp3) is 0.143. The van der Waals surface area contributed by atoms with Gasteiger partial charge in [-0.15, -0.1) is 0 Å². The smallest absolute Gasteiger partial charge is 0.281 e. The van der Waals surface area contributed by atoms with Crippen LogP contribution in [0.5, 0.6) is 0 Å². The normalized spacial score (nSPS) is 10.9. The Morgan fingerprint density at radius 1 is 1.38 bits per heavy atom. The maximum absolute atomic E-state index is 12.1. The molecule has 0 aliphatic carbocycles. The van der Waals surface area contributed by atoms with E-state index in [1.807, 2.05) is 6.07 Å². The van der Waals surface area contributed by atoms with Crippen LogP contribution in [0.1, 0.15) is 21.6 Å². The number of sulfone groups is 1. The second-order valence-electron chi connectivity index (χ2n) is 5.01. The van der Waals surface area contributed by atoms with Gasteiger partial charge in [0.05, 0.1) is 33.7 Å². The largest absolute Gasteiger partial charge is 0.370 e. The second-order valence-corrected chi connectivity index (χ2v) is 7.00. The summed E-state index contributed by atoms with van der Waals surface area (Å²) >= 11 is 0. The number of hydrogen-bond acceptors (Lipinski definition) is 5. The molecule has 0 radical (unpaired) electrons. The Hall–Kier alpha value is -3.19. The van der Waals surface area contributed by atoms with Crippen molar-refractivity contribution in [3.05, 3.63) is 41.5 Å². The van der Waals surface area contributed by atoms with Crippen molar-refractivity contribution in [1.82, 2.24) is 9.55 Å². The highest BCUT2D eigenvalue weighted by Gasteiger charge is 2.22. The van der Waals surface area contributed by atoms with Crippen molar-refractivity contribution in [3.63, 3.8) is 0 Å². The van der Waals surface area contributed by atoms with Gasteiger partial charge in [0.15, 0.2) is 15.8 Å². The van der Waals surface area contributed by atoms with Gasteiger partial charge >= 0.3 is 0 Å². The Kier molecular flexibility index (Phi) is 4.39. The van der Waals surface area contributed by atoms with Crippen molar-refractivity contribution in [2.24, 2.45) is 16.5 Å². The molecule has 0 unspecified atom stereocenters. The second kappa shape index (κ2) is 6.13. The van der Waals surface area contributed by atoms with E-state index in [1.165, 1.54) is 17.0 Å². The highest BCUT2D eigenvalue weighted by atomic mass is 32.2. The Balaban J connectivity index is 2.82. The van der Waals surface area contributed by atoms with Crippen LogP contribution in [0.15, 0.2) is 34.5 Å². The monoisotopic (exact) mass is 346 g/mol. The predicted octanol–water partition coefficient (Wildman–Crippen LogP) is -0.130. The number of aryl methyl sites for hydroxylation is 1. The van der Waals surface area contributed by atoms with Crippen LogP contribution in [0.4, 0.5) is 0 Å². The zero-order valence-corrected chi connectivity index (χ0v) is 13.7. The van der Waals surface area contributed by atoms with Crippen LogP contribution in [-0.2, 0) is 9.84 Å². The van der Waals surface area contributed by atoms with Gasteiger partial charge in [0, 0.05) is 12.5 Å². The number of aliphatic imine (C=N–C) groups is 1. The number of carbonyl (C=O) groups excluding carboxylic acids is 1. The van der Waals surface area contributed by atoms with Crippen LogP contribution < -0.4 is 11.5 Å². The minimum atomic E-state index is -3.70. The molecule has 1 aromatic carbocycles. The maximum atomic E-state index is 12.1. The van der Waals surface area contributed by atoms with Gasteiger partial charge in [-0.05, 0) is 19.1 Å². The molecule has 0 fully saturated rings. The first-order valence-electron chi connectivity index (χ1n) is 6.56. The SMILES string of the molecule is Cc1cn(-c2cc(C#N)c(C(=O)N=C(N)N)cc2S(C)(=O)=O)cn1. The lowest BCUT2D eigenvalue weighted by atomic mass is 10.1. The number of imidazole rings is 1. The Morgan fingerprint density at radius 3 is 2.50 bits per heavy atom. The standard InChI is InChI=1S/C14H14N6O3S/c1-8-6-20(7-18-8)11-3-9(5-15)10(13(21)19-14(16)17)4-12(11)24(2,22)23/h3-4,6-7H,1-2H3,(H4,16,17,19,21). The molecule has 10 heteroatoms. The van der Waals surface area contributed by atoms with E-state index in [0.717, 1.165) is 12.3 Å². The first-order valence-corrected chi connectivity index (χ1v) is 8.45. The van der Waals surface area contributed by atoms with Gasteiger partial charge in [-0.3, -0.25) is 4.79 Å². The molecule has 1 amide bonds. The molecule has 0 atom stereocenters. The van der Waals surface area contributed by atoms with Crippen molar-refractivity contribution in [2.45, 2.75) is 11.8 Å². The lowest BCUT2D eigenvalue weighted by molar-refractivity contribution is 0.100.